The van der Waals surface area contributed by atoms with Gasteiger partial charge in [0.2, 0.25) is 5.91 Å². The summed E-state index contributed by atoms with van der Waals surface area (Å²) in [5.41, 5.74) is 1.22. The smallest absolute Gasteiger partial charge is 0.223 e. The van der Waals surface area contributed by atoms with Gasteiger partial charge in [-0.15, -0.1) is 0 Å². The van der Waals surface area contributed by atoms with Crippen molar-refractivity contribution in [1.29, 1.82) is 0 Å². The second-order valence-corrected chi connectivity index (χ2v) is 5.03. The van der Waals surface area contributed by atoms with Gasteiger partial charge in [0, 0.05) is 5.92 Å². The number of carbonyl (C=O) groups excluding carboxylic acids is 1. The van der Waals surface area contributed by atoms with Gasteiger partial charge in [-0.05, 0) is 24.3 Å². The lowest BCUT2D eigenvalue weighted by molar-refractivity contribution is -0.123. The Balaban J connectivity index is 2.04. The molecule has 1 fully saturated rings. The van der Waals surface area contributed by atoms with Crippen LogP contribution in [0.4, 0.5) is 0 Å². The molecule has 0 aromatic heterocycles. The molecule has 0 aliphatic carbocycles. The van der Waals surface area contributed by atoms with E-state index in [4.69, 9.17) is 0 Å². The minimum Gasteiger partial charge on any atom is -0.349 e. The number of hydrogen-bond donors (Lipinski definition) is 1. The Morgan fingerprint density at radius 2 is 2.00 bits per heavy atom. The van der Waals surface area contributed by atoms with E-state index in [1.54, 1.807) is 0 Å². The van der Waals surface area contributed by atoms with Gasteiger partial charge in [-0.2, -0.15) is 0 Å². The van der Waals surface area contributed by atoms with Crippen LogP contribution in [0, 0.1) is 11.8 Å². The van der Waals surface area contributed by atoms with Crippen molar-refractivity contribution in [1.82, 2.24) is 5.32 Å². The second-order valence-electron chi connectivity index (χ2n) is 5.03. The van der Waals surface area contributed by atoms with Crippen LogP contribution in [0.1, 0.15) is 38.3 Å². The number of benzene rings is 1. The van der Waals surface area contributed by atoms with E-state index in [-0.39, 0.29) is 17.9 Å². The molecule has 1 aromatic carbocycles. The molecular weight excluding hydrogens is 198 g/mol. The topological polar surface area (TPSA) is 29.1 Å². The summed E-state index contributed by atoms with van der Waals surface area (Å²) in [6.07, 6.45) is 1.94. The van der Waals surface area contributed by atoms with Gasteiger partial charge in [0.15, 0.2) is 0 Å². The van der Waals surface area contributed by atoms with Crippen molar-refractivity contribution in [2.24, 2.45) is 11.8 Å². The number of amides is 1. The van der Waals surface area contributed by atoms with E-state index in [0.717, 1.165) is 12.8 Å². The third-order valence-corrected chi connectivity index (χ3v) is 3.17. The molecule has 1 aliphatic heterocycles. The van der Waals surface area contributed by atoms with Gasteiger partial charge in [0.25, 0.3) is 0 Å². The van der Waals surface area contributed by atoms with E-state index in [9.17, 15) is 4.79 Å². The lowest BCUT2D eigenvalue weighted by atomic mass is 9.92. The molecule has 1 N–H and O–H groups in total. The van der Waals surface area contributed by atoms with E-state index in [0.29, 0.717) is 5.92 Å². The summed E-state index contributed by atoms with van der Waals surface area (Å²) < 4.78 is 0. The predicted octanol–water partition coefficient (Wildman–Crippen LogP) is 2.91. The molecule has 1 saturated heterocycles. The first kappa shape index (κ1) is 11.2. The summed E-state index contributed by atoms with van der Waals surface area (Å²) in [4.78, 5) is 11.8. The van der Waals surface area contributed by atoms with E-state index < -0.39 is 0 Å². The third-order valence-electron chi connectivity index (χ3n) is 3.17. The van der Waals surface area contributed by atoms with Crippen molar-refractivity contribution in [3.8, 4) is 0 Å². The van der Waals surface area contributed by atoms with Crippen LogP contribution in [0.5, 0.6) is 0 Å². The van der Waals surface area contributed by atoms with Crippen LogP contribution in [-0.4, -0.2) is 5.91 Å². The number of hydrogen-bond acceptors (Lipinski definition) is 1. The van der Waals surface area contributed by atoms with Crippen LogP contribution < -0.4 is 5.32 Å². The molecule has 0 bridgehead atoms. The van der Waals surface area contributed by atoms with Crippen LogP contribution in [0.2, 0.25) is 0 Å². The standard InChI is InChI=1S/C14H19NO/c1-10(2)8-12-9-13(15-14(12)16)11-6-4-3-5-7-11/h3-7,10,12-13H,8-9H2,1-2H3,(H,15,16)/t12-,13-/m0/s1. The molecule has 1 aliphatic rings. The third kappa shape index (κ3) is 2.43. The Morgan fingerprint density at radius 1 is 1.31 bits per heavy atom. The maximum absolute atomic E-state index is 11.8. The van der Waals surface area contributed by atoms with Gasteiger partial charge in [-0.25, -0.2) is 0 Å². The molecule has 1 heterocycles. The van der Waals surface area contributed by atoms with Crippen molar-refractivity contribution < 1.29 is 4.79 Å². The number of carbonyl (C=O) groups is 1. The first-order valence-electron chi connectivity index (χ1n) is 6.02. The van der Waals surface area contributed by atoms with Gasteiger partial charge in [0.1, 0.15) is 0 Å². The van der Waals surface area contributed by atoms with Gasteiger partial charge in [0.05, 0.1) is 6.04 Å². The minimum atomic E-state index is 0.199. The van der Waals surface area contributed by atoms with Gasteiger partial charge < -0.3 is 5.32 Å². The summed E-state index contributed by atoms with van der Waals surface area (Å²) >= 11 is 0. The molecule has 2 nitrogen and oxygen atoms in total. The lowest BCUT2D eigenvalue weighted by Crippen LogP contribution is -2.22. The first-order chi connectivity index (χ1) is 7.66. The maximum atomic E-state index is 11.8. The molecule has 0 radical (unpaired) electrons. The van der Waals surface area contributed by atoms with Crippen LogP contribution in [0.3, 0.4) is 0 Å². The fourth-order valence-electron chi connectivity index (χ4n) is 2.42. The van der Waals surface area contributed by atoms with Crippen molar-refractivity contribution >= 4 is 5.91 Å². The lowest BCUT2D eigenvalue weighted by Gasteiger charge is -2.10. The summed E-state index contributed by atoms with van der Waals surface area (Å²) in [5.74, 6) is 1.01. The van der Waals surface area contributed by atoms with Crippen molar-refractivity contribution in [3.63, 3.8) is 0 Å². The molecule has 0 unspecified atom stereocenters. The fourth-order valence-corrected chi connectivity index (χ4v) is 2.42. The molecule has 2 atom stereocenters. The summed E-state index contributed by atoms with van der Waals surface area (Å²) in [7, 11) is 0. The molecular formula is C14H19NO. The normalized spacial score (nSPS) is 24.8. The average molecular weight is 217 g/mol. The molecule has 1 amide bonds. The summed E-state index contributed by atoms with van der Waals surface area (Å²) in [6.45, 7) is 4.34. The SMILES string of the molecule is CC(C)C[C@H]1C[C@@H](c2ccccc2)NC1=O. The Morgan fingerprint density at radius 3 is 2.62 bits per heavy atom. The van der Waals surface area contributed by atoms with Crippen LogP contribution in [-0.2, 0) is 4.79 Å². The number of nitrogens with one attached hydrogen (secondary N) is 1. The molecule has 2 heteroatoms. The highest BCUT2D eigenvalue weighted by Gasteiger charge is 2.32. The monoisotopic (exact) mass is 217 g/mol. The zero-order valence-corrected chi connectivity index (χ0v) is 9.94. The second kappa shape index (κ2) is 4.69. The molecule has 16 heavy (non-hydrogen) atoms. The fraction of sp³-hybridized carbons (Fsp3) is 0.500. The van der Waals surface area contributed by atoms with E-state index in [2.05, 4.69) is 31.3 Å². The molecule has 0 spiro atoms. The summed E-state index contributed by atoms with van der Waals surface area (Å²) in [6, 6.07) is 10.4. The quantitative estimate of drug-likeness (QED) is 0.828. The van der Waals surface area contributed by atoms with Crippen LogP contribution >= 0.6 is 0 Å². The highest BCUT2D eigenvalue weighted by Crippen LogP contribution is 2.31. The Bertz CT molecular complexity index is 358. The van der Waals surface area contributed by atoms with Gasteiger partial charge in [-0.3, -0.25) is 4.79 Å². The molecule has 2 rings (SSSR count). The maximum Gasteiger partial charge on any atom is 0.223 e. The largest absolute Gasteiger partial charge is 0.349 e. The highest BCUT2D eigenvalue weighted by molar-refractivity contribution is 5.81. The Kier molecular flexibility index (Phi) is 3.28. The molecule has 0 saturated carbocycles. The zero-order valence-electron chi connectivity index (χ0n) is 9.94. The summed E-state index contributed by atoms with van der Waals surface area (Å²) in [5, 5.41) is 3.09. The van der Waals surface area contributed by atoms with Crippen LogP contribution in [0.15, 0.2) is 30.3 Å². The van der Waals surface area contributed by atoms with Gasteiger partial charge >= 0.3 is 0 Å². The highest BCUT2D eigenvalue weighted by atomic mass is 16.2. The van der Waals surface area contributed by atoms with E-state index >= 15 is 0 Å². The zero-order chi connectivity index (χ0) is 11.5. The first-order valence-corrected chi connectivity index (χ1v) is 6.02. The Hall–Kier alpha value is -1.31. The predicted molar refractivity (Wildman–Crippen MR) is 64.9 cm³/mol. The number of rotatable bonds is 3. The van der Waals surface area contributed by atoms with Crippen molar-refractivity contribution in [2.45, 2.75) is 32.7 Å². The average Bonchev–Trinajstić information content (AvgIpc) is 2.61. The van der Waals surface area contributed by atoms with Crippen molar-refractivity contribution in [2.75, 3.05) is 0 Å². The minimum absolute atomic E-state index is 0.199. The van der Waals surface area contributed by atoms with Crippen LogP contribution in [0.25, 0.3) is 0 Å². The van der Waals surface area contributed by atoms with E-state index in [1.165, 1.54) is 5.56 Å². The molecule has 1 aromatic rings. The van der Waals surface area contributed by atoms with E-state index in [1.807, 2.05) is 18.2 Å². The van der Waals surface area contributed by atoms with Gasteiger partial charge in [-0.1, -0.05) is 44.2 Å². The van der Waals surface area contributed by atoms with Crippen molar-refractivity contribution in [3.05, 3.63) is 35.9 Å². The molecule has 86 valence electrons. The Labute approximate surface area is 97.1 Å².